The van der Waals surface area contributed by atoms with Crippen LogP contribution in [0.25, 0.3) is 11.3 Å². The number of nitrogens with zero attached hydrogens (tertiary/aromatic N) is 5. The number of tetrazole rings is 1. The molecule has 144 valence electrons. The topological polar surface area (TPSA) is 111 Å². The molecule has 1 aliphatic heterocycles. The van der Waals surface area contributed by atoms with Crippen molar-refractivity contribution in [3.63, 3.8) is 0 Å². The van der Waals surface area contributed by atoms with E-state index in [-0.39, 0.29) is 11.6 Å². The fourth-order valence-corrected chi connectivity index (χ4v) is 3.49. The van der Waals surface area contributed by atoms with E-state index in [4.69, 9.17) is 4.74 Å². The Hall–Kier alpha value is -4.08. The monoisotopic (exact) mass is 391 g/mol. The normalized spacial score (nSPS) is 14.6. The van der Waals surface area contributed by atoms with Gasteiger partial charge in [0.15, 0.2) is 0 Å². The van der Waals surface area contributed by atoms with Gasteiger partial charge >= 0.3 is 0 Å². The molecule has 0 amide bonds. The summed E-state index contributed by atoms with van der Waals surface area (Å²) in [5.41, 5.74) is 1.77. The summed E-state index contributed by atoms with van der Waals surface area (Å²) >= 11 is 0. The van der Waals surface area contributed by atoms with Crippen LogP contribution in [0.2, 0.25) is 0 Å². The van der Waals surface area contributed by atoms with Gasteiger partial charge in [-0.3, -0.25) is 4.79 Å². The Kier molecular flexibility index (Phi) is 3.83. The number of ether oxygens (including phenoxy) is 1. The van der Waals surface area contributed by atoms with Crippen LogP contribution in [-0.4, -0.2) is 37.5 Å². The van der Waals surface area contributed by atoms with E-state index in [2.05, 4.69) is 31.0 Å². The SMILES string of the molecule is COc1ccc(-c2n[nH]c(=O)c3c2[C@H](c2ccccc2F)n2nnnc2N3)cc1. The van der Waals surface area contributed by atoms with Crippen molar-refractivity contribution in [2.45, 2.75) is 6.04 Å². The molecule has 5 rings (SSSR count). The standard InChI is InChI=1S/C19H14FN7O2/c1-29-11-8-6-10(7-9-11)15-14-16(18(28)23-22-15)21-19-24-25-26-27(19)17(14)12-4-2-3-5-13(12)20/h2-9,17H,1H3,(H,23,28)(H,21,24,26)/t17-/m0/s1. The van der Waals surface area contributed by atoms with Crippen LogP contribution in [0.15, 0.2) is 53.3 Å². The molecule has 2 aromatic heterocycles. The van der Waals surface area contributed by atoms with Crippen LogP contribution in [-0.2, 0) is 0 Å². The lowest BCUT2D eigenvalue weighted by atomic mass is 9.92. The molecule has 10 heteroatoms. The summed E-state index contributed by atoms with van der Waals surface area (Å²) in [4.78, 5) is 12.6. The molecular weight excluding hydrogens is 377 g/mol. The fourth-order valence-electron chi connectivity index (χ4n) is 3.49. The summed E-state index contributed by atoms with van der Waals surface area (Å²) in [6, 6.07) is 12.7. The van der Waals surface area contributed by atoms with Crippen LogP contribution < -0.4 is 15.6 Å². The summed E-state index contributed by atoms with van der Waals surface area (Å²) in [5, 5.41) is 21.3. The Balaban J connectivity index is 1.81. The molecule has 2 N–H and O–H groups in total. The maximum atomic E-state index is 14.8. The lowest BCUT2D eigenvalue weighted by molar-refractivity contribution is 0.415. The first-order chi connectivity index (χ1) is 14.2. The number of methoxy groups -OCH3 is 1. The first-order valence-corrected chi connectivity index (χ1v) is 8.73. The molecule has 0 fully saturated rings. The molecule has 29 heavy (non-hydrogen) atoms. The van der Waals surface area contributed by atoms with Crippen molar-refractivity contribution in [1.82, 2.24) is 30.4 Å². The second kappa shape index (κ2) is 6.51. The molecule has 0 radical (unpaired) electrons. The van der Waals surface area contributed by atoms with Crippen LogP contribution in [0.5, 0.6) is 5.75 Å². The minimum atomic E-state index is -0.774. The van der Waals surface area contributed by atoms with Gasteiger partial charge in [0.2, 0.25) is 5.95 Å². The quantitative estimate of drug-likeness (QED) is 0.485. The molecule has 3 heterocycles. The molecule has 0 saturated carbocycles. The van der Waals surface area contributed by atoms with Gasteiger partial charge in [-0.1, -0.05) is 23.3 Å². The highest BCUT2D eigenvalue weighted by Crippen LogP contribution is 2.41. The van der Waals surface area contributed by atoms with Crippen LogP contribution >= 0.6 is 0 Å². The molecule has 0 bridgehead atoms. The number of nitrogens with one attached hydrogen (secondary N) is 2. The molecule has 4 aromatic rings. The molecule has 9 nitrogen and oxygen atoms in total. The number of benzene rings is 2. The lowest BCUT2D eigenvalue weighted by Gasteiger charge is -2.28. The van der Waals surface area contributed by atoms with Crippen LogP contribution in [0.1, 0.15) is 17.2 Å². The zero-order chi connectivity index (χ0) is 20.0. The van der Waals surface area contributed by atoms with Crippen LogP contribution in [0, 0.1) is 5.82 Å². The lowest BCUT2D eigenvalue weighted by Crippen LogP contribution is -2.29. The van der Waals surface area contributed by atoms with Gasteiger partial charge in [0.05, 0.1) is 12.8 Å². The number of aromatic nitrogens is 6. The minimum Gasteiger partial charge on any atom is -0.497 e. The van der Waals surface area contributed by atoms with Crippen molar-refractivity contribution in [3.8, 4) is 17.0 Å². The minimum absolute atomic E-state index is 0.223. The molecule has 1 aliphatic rings. The third-order valence-corrected chi connectivity index (χ3v) is 4.83. The van der Waals surface area contributed by atoms with Gasteiger partial charge in [-0.15, -0.1) is 0 Å². The maximum absolute atomic E-state index is 14.8. The first kappa shape index (κ1) is 17.0. The zero-order valence-electron chi connectivity index (χ0n) is 15.1. The number of H-pyrrole nitrogens is 1. The third kappa shape index (κ3) is 2.64. The summed E-state index contributed by atoms with van der Waals surface area (Å²) in [6.07, 6.45) is 0. The molecule has 0 unspecified atom stereocenters. The predicted octanol–water partition coefficient (Wildman–Crippen LogP) is 2.27. The number of aromatic amines is 1. The Labute approximate surface area is 163 Å². The molecule has 0 aliphatic carbocycles. The van der Waals surface area contributed by atoms with Gasteiger partial charge in [-0.05, 0) is 40.8 Å². The molecule has 1 atom stereocenters. The van der Waals surface area contributed by atoms with Crippen molar-refractivity contribution < 1.29 is 9.13 Å². The zero-order valence-corrected chi connectivity index (χ0v) is 15.1. The number of fused-ring (bicyclic) bond motifs is 2. The second-order valence-electron chi connectivity index (χ2n) is 6.41. The summed E-state index contributed by atoms with van der Waals surface area (Å²) in [7, 11) is 1.58. The van der Waals surface area contributed by atoms with E-state index in [0.717, 1.165) is 5.56 Å². The van der Waals surface area contributed by atoms with Crippen molar-refractivity contribution in [1.29, 1.82) is 0 Å². The fraction of sp³-hybridized carbons (Fsp3) is 0.105. The van der Waals surface area contributed by atoms with E-state index in [1.54, 1.807) is 37.4 Å². The molecule has 2 aromatic carbocycles. The first-order valence-electron chi connectivity index (χ1n) is 8.73. The van der Waals surface area contributed by atoms with E-state index >= 15 is 0 Å². The molecule has 0 saturated heterocycles. The Morgan fingerprint density at radius 3 is 2.69 bits per heavy atom. The molecular formula is C19H14FN7O2. The van der Waals surface area contributed by atoms with Gasteiger partial charge in [-0.25, -0.2) is 9.49 Å². The number of rotatable bonds is 3. The second-order valence-corrected chi connectivity index (χ2v) is 6.41. The van der Waals surface area contributed by atoms with Crippen LogP contribution in [0.3, 0.4) is 0 Å². The van der Waals surface area contributed by atoms with Gasteiger partial charge in [-0.2, -0.15) is 9.78 Å². The Morgan fingerprint density at radius 2 is 1.93 bits per heavy atom. The largest absolute Gasteiger partial charge is 0.497 e. The smallest absolute Gasteiger partial charge is 0.288 e. The van der Waals surface area contributed by atoms with E-state index in [9.17, 15) is 9.18 Å². The van der Waals surface area contributed by atoms with E-state index < -0.39 is 17.4 Å². The van der Waals surface area contributed by atoms with Gasteiger partial charge < -0.3 is 10.1 Å². The number of hydrogen-bond acceptors (Lipinski definition) is 7. The third-order valence-electron chi connectivity index (χ3n) is 4.83. The highest BCUT2D eigenvalue weighted by atomic mass is 19.1. The maximum Gasteiger partial charge on any atom is 0.288 e. The average molecular weight is 391 g/mol. The number of hydrogen-bond donors (Lipinski definition) is 2. The van der Waals surface area contributed by atoms with Gasteiger partial charge in [0.1, 0.15) is 23.3 Å². The van der Waals surface area contributed by atoms with Crippen molar-refractivity contribution in [2.75, 3.05) is 12.4 Å². The van der Waals surface area contributed by atoms with Crippen molar-refractivity contribution >= 4 is 11.6 Å². The Bertz CT molecular complexity index is 1270. The summed E-state index contributed by atoms with van der Waals surface area (Å²) < 4.78 is 21.4. The summed E-state index contributed by atoms with van der Waals surface area (Å²) in [6.45, 7) is 0. The van der Waals surface area contributed by atoms with E-state index in [1.165, 1.54) is 10.7 Å². The number of halogens is 1. The highest BCUT2D eigenvalue weighted by Gasteiger charge is 2.35. The van der Waals surface area contributed by atoms with E-state index in [0.29, 0.717) is 22.6 Å². The van der Waals surface area contributed by atoms with Crippen molar-refractivity contribution in [2.24, 2.45) is 0 Å². The van der Waals surface area contributed by atoms with Crippen LogP contribution in [0.4, 0.5) is 16.0 Å². The highest BCUT2D eigenvalue weighted by molar-refractivity contribution is 5.75. The average Bonchev–Trinajstić information content (AvgIpc) is 3.22. The van der Waals surface area contributed by atoms with Gasteiger partial charge in [0.25, 0.3) is 5.56 Å². The number of anilines is 2. The molecule has 0 spiro atoms. The summed E-state index contributed by atoms with van der Waals surface area (Å²) in [5.74, 6) is 0.481. The Morgan fingerprint density at radius 1 is 1.14 bits per heavy atom. The van der Waals surface area contributed by atoms with Gasteiger partial charge in [0, 0.05) is 16.7 Å². The van der Waals surface area contributed by atoms with E-state index in [1.807, 2.05) is 12.1 Å². The van der Waals surface area contributed by atoms with Crippen molar-refractivity contribution in [3.05, 3.63) is 75.8 Å². The predicted molar refractivity (Wildman–Crippen MR) is 102 cm³/mol.